The van der Waals surface area contributed by atoms with E-state index < -0.39 is 0 Å². The van der Waals surface area contributed by atoms with Crippen molar-refractivity contribution in [2.24, 2.45) is 5.41 Å². The molecule has 0 spiro atoms. The number of rotatable bonds is 5. The highest BCUT2D eigenvalue weighted by atomic mass is 15.2. The van der Waals surface area contributed by atoms with Crippen molar-refractivity contribution >= 4 is 11.4 Å². The van der Waals surface area contributed by atoms with Gasteiger partial charge in [-0.3, -0.25) is 0 Å². The summed E-state index contributed by atoms with van der Waals surface area (Å²) < 4.78 is 0. The zero-order chi connectivity index (χ0) is 14.0. The highest BCUT2D eigenvalue weighted by Gasteiger charge is 2.41. The highest BCUT2D eigenvalue weighted by molar-refractivity contribution is 5.65. The van der Waals surface area contributed by atoms with Gasteiger partial charge in [0.25, 0.3) is 0 Å². The number of benzene rings is 1. The molecule has 0 unspecified atom stereocenters. The van der Waals surface area contributed by atoms with Crippen molar-refractivity contribution in [2.45, 2.75) is 53.4 Å². The molecule has 2 N–H and O–H groups in total. The summed E-state index contributed by atoms with van der Waals surface area (Å²) in [6.45, 7) is 11.3. The molecule has 0 amide bonds. The van der Waals surface area contributed by atoms with Crippen molar-refractivity contribution in [1.82, 2.24) is 0 Å². The maximum absolute atomic E-state index is 6.06. The van der Waals surface area contributed by atoms with Crippen molar-refractivity contribution in [3.05, 3.63) is 23.3 Å². The molecule has 19 heavy (non-hydrogen) atoms. The first kappa shape index (κ1) is 14.2. The van der Waals surface area contributed by atoms with Crippen LogP contribution in [0.2, 0.25) is 0 Å². The van der Waals surface area contributed by atoms with Gasteiger partial charge in [0, 0.05) is 29.9 Å². The molecule has 0 bridgehead atoms. The molecule has 2 nitrogen and oxygen atoms in total. The number of nitrogens with zero attached hydrogens (tertiary/aromatic N) is 1. The Bertz CT molecular complexity index is 437. The second kappa shape index (κ2) is 5.44. The van der Waals surface area contributed by atoms with Gasteiger partial charge in [-0.1, -0.05) is 32.8 Å². The lowest BCUT2D eigenvalue weighted by Crippen LogP contribution is -2.56. The molecule has 0 radical (unpaired) electrons. The second-order valence-electron chi connectivity index (χ2n) is 6.35. The lowest BCUT2D eigenvalue weighted by Gasteiger charge is -2.52. The average molecular weight is 260 g/mol. The van der Waals surface area contributed by atoms with Gasteiger partial charge in [-0.2, -0.15) is 0 Å². The molecule has 1 saturated heterocycles. The molecule has 1 aliphatic rings. The van der Waals surface area contributed by atoms with Gasteiger partial charge in [0.2, 0.25) is 0 Å². The number of aryl methyl sites for hydroxylation is 2. The summed E-state index contributed by atoms with van der Waals surface area (Å²) in [5.74, 6) is 0. The van der Waals surface area contributed by atoms with Crippen LogP contribution >= 0.6 is 0 Å². The summed E-state index contributed by atoms with van der Waals surface area (Å²) in [7, 11) is 0. The maximum atomic E-state index is 6.06. The van der Waals surface area contributed by atoms with Crippen LogP contribution in [-0.4, -0.2) is 13.1 Å². The molecule has 2 heteroatoms. The molecule has 0 saturated carbocycles. The zero-order valence-electron chi connectivity index (χ0n) is 12.9. The van der Waals surface area contributed by atoms with Crippen LogP contribution in [0.5, 0.6) is 0 Å². The summed E-state index contributed by atoms with van der Waals surface area (Å²) >= 11 is 0. The van der Waals surface area contributed by atoms with Crippen molar-refractivity contribution in [1.29, 1.82) is 0 Å². The zero-order valence-corrected chi connectivity index (χ0v) is 12.9. The van der Waals surface area contributed by atoms with Crippen molar-refractivity contribution < 1.29 is 0 Å². The Kier molecular flexibility index (Phi) is 4.07. The second-order valence-corrected chi connectivity index (χ2v) is 6.35. The largest absolute Gasteiger partial charge is 0.398 e. The van der Waals surface area contributed by atoms with E-state index in [-0.39, 0.29) is 0 Å². The number of hydrogen-bond donors (Lipinski definition) is 1. The molecular weight excluding hydrogens is 232 g/mol. The fourth-order valence-electron chi connectivity index (χ4n) is 3.63. The minimum atomic E-state index is 0.565. The summed E-state index contributed by atoms with van der Waals surface area (Å²) in [5.41, 5.74) is 11.4. The van der Waals surface area contributed by atoms with Crippen LogP contribution in [-0.2, 0) is 0 Å². The topological polar surface area (TPSA) is 29.3 Å². The van der Waals surface area contributed by atoms with Gasteiger partial charge in [-0.15, -0.1) is 0 Å². The first-order chi connectivity index (χ1) is 9.01. The van der Waals surface area contributed by atoms with E-state index in [0.29, 0.717) is 5.41 Å². The van der Waals surface area contributed by atoms with E-state index in [9.17, 15) is 0 Å². The third-order valence-electron chi connectivity index (χ3n) is 4.54. The molecular formula is C17H28N2. The fourth-order valence-corrected chi connectivity index (χ4v) is 3.63. The van der Waals surface area contributed by atoms with Crippen molar-refractivity contribution in [2.75, 3.05) is 23.7 Å². The third-order valence-corrected chi connectivity index (χ3v) is 4.54. The minimum absolute atomic E-state index is 0.565. The van der Waals surface area contributed by atoms with Gasteiger partial charge in [-0.25, -0.2) is 0 Å². The van der Waals surface area contributed by atoms with E-state index in [1.54, 1.807) is 0 Å². The smallest absolute Gasteiger partial charge is 0.0417 e. The summed E-state index contributed by atoms with van der Waals surface area (Å²) in [5, 5.41) is 0. The molecule has 1 heterocycles. The molecule has 1 aliphatic heterocycles. The number of hydrogen-bond acceptors (Lipinski definition) is 2. The summed E-state index contributed by atoms with van der Waals surface area (Å²) in [6.07, 6.45) is 5.31. The summed E-state index contributed by atoms with van der Waals surface area (Å²) in [6, 6.07) is 4.37. The maximum Gasteiger partial charge on any atom is 0.0417 e. The van der Waals surface area contributed by atoms with Gasteiger partial charge in [0.15, 0.2) is 0 Å². The number of anilines is 2. The van der Waals surface area contributed by atoms with Crippen LogP contribution in [0.4, 0.5) is 11.4 Å². The SMILES string of the molecule is CCCC1(CCC)CN(c2cc(N)c(C)cc2C)C1. The van der Waals surface area contributed by atoms with E-state index in [4.69, 9.17) is 5.73 Å². The molecule has 1 aromatic carbocycles. The van der Waals surface area contributed by atoms with Crippen molar-refractivity contribution in [3.63, 3.8) is 0 Å². The predicted octanol–water partition coefficient (Wildman–Crippen LogP) is 4.29. The minimum Gasteiger partial charge on any atom is -0.398 e. The average Bonchev–Trinajstić information content (AvgIpc) is 2.31. The number of nitrogen functional groups attached to an aromatic ring is 1. The normalized spacial score (nSPS) is 17.4. The highest BCUT2D eigenvalue weighted by Crippen LogP contribution is 2.43. The third kappa shape index (κ3) is 2.72. The Morgan fingerprint density at radius 2 is 1.63 bits per heavy atom. The molecule has 1 aromatic rings. The molecule has 0 aliphatic carbocycles. The van der Waals surface area contributed by atoms with Crippen LogP contribution in [0.15, 0.2) is 12.1 Å². The monoisotopic (exact) mass is 260 g/mol. The molecule has 0 atom stereocenters. The van der Waals surface area contributed by atoms with Gasteiger partial charge < -0.3 is 10.6 Å². The molecule has 106 valence electrons. The fraction of sp³-hybridized carbons (Fsp3) is 0.647. The van der Waals surface area contributed by atoms with E-state index in [2.05, 4.69) is 44.7 Å². The Morgan fingerprint density at radius 1 is 1.05 bits per heavy atom. The standard InChI is InChI=1S/C17H28N2/c1-5-7-17(8-6-2)11-19(12-17)16-10-15(18)13(3)9-14(16)4/h9-10H,5-8,11-12,18H2,1-4H3. The van der Waals surface area contributed by atoms with Gasteiger partial charge in [-0.05, 0) is 43.9 Å². The Balaban J connectivity index is 2.13. The lowest BCUT2D eigenvalue weighted by molar-refractivity contribution is 0.173. The quantitative estimate of drug-likeness (QED) is 0.800. The Labute approximate surface area is 118 Å². The van der Waals surface area contributed by atoms with Crippen LogP contribution in [0.3, 0.4) is 0 Å². The van der Waals surface area contributed by atoms with Crippen LogP contribution < -0.4 is 10.6 Å². The van der Waals surface area contributed by atoms with Crippen LogP contribution in [0, 0.1) is 19.3 Å². The number of nitrogens with two attached hydrogens (primary N) is 1. The molecule has 2 rings (SSSR count). The van der Waals surface area contributed by atoms with E-state index >= 15 is 0 Å². The van der Waals surface area contributed by atoms with Gasteiger partial charge in [0.05, 0.1) is 0 Å². The van der Waals surface area contributed by atoms with Crippen molar-refractivity contribution in [3.8, 4) is 0 Å². The van der Waals surface area contributed by atoms with Gasteiger partial charge in [0.1, 0.15) is 0 Å². The Hall–Kier alpha value is -1.18. The predicted molar refractivity (Wildman–Crippen MR) is 84.8 cm³/mol. The summed E-state index contributed by atoms with van der Waals surface area (Å²) in [4.78, 5) is 2.51. The Morgan fingerprint density at radius 3 is 2.16 bits per heavy atom. The van der Waals surface area contributed by atoms with Gasteiger partial charge >= 0.3 is 0 Å². The van der Waals surface area contributed by atoms with E-state index in [1.165, 1.54) is 55.6 Å². The van der Waals surface area contributed by atoms with E-state index in [0.717, 1.165) is 5.69 Å². The first-order valence-electron chi connectivity index (χ1n) is 7.63. The molecule has 0 aromatic heterocycles. The lowest BCUT2D eigenvalue weighted by atomic mass is 9.72. The van der Waals surface area contributed by atoms with Crippen LogP contribution in [0.25, 0.3) is 0 Å². The first-order valence-corrected chi connectivity index (χ1v) is 7.63. The van der Waals surface area contributed by atoms with Crippen LogP contribution in [0.1, 0.15) is 50.7 Å². The van der Waals surface area contributed by atoms with E-state index in [1.807, 2.05) is 0 Å². The molecule has 1 fully saturated rings.